The third-order valence-corrected chi connectivity index (χ3v) is 3.64. The number of halogens is 1. The predicted molar refractivity (Wildman–Crippen MR) is 90.6 cm³/mol. The fourth-order valence-electron chi connectivity index (χ4n) is 2.05. The summed E-state index contributed by atoms with van der Waals surface area (Å²) in [6.45, 7) is 4.02. The van der Waals surface area contributed by atoms with Crippen LogP contribution < -0.4 is 10.1 Å². The molecule has 0 unspecified atom stereocenters. The average Bonchev–Trinajstić information content (AvgIpc) is 2.55. The smallest absolute Gasteiger partial charge is 0.265 e. The van der Waals surface area contributed by atoms with Crippen molar-refractivity contribution in [3.05, 3.63) is 59.1 Å². The van der Waals surface area contributed by atoms with Crippen LogP contribution in [0.15, 0.2) is 48.5 Å². The number of aryl methyl sites for hydroxylation is 1. The molecule has 0 heterocycles. The van der Waals surface area contributed by atoms with E-state index in [-0.39, 0.29) is 5.91 Å². The highest BCUT2D eigenvalue weighted by molar-refractivity contribution is 6.30. The SMILES string of the molecule is CCc1ccc(O[C@H](CC)C(=O)Nc2ccc(Cl)cc2)cc1. The highest BCUT2D eigenvalue weighted by Crippen LogP contribution is 2.17. The Labute approximate surface area is 136 Å². The molecule has 0 saturated heterocycles. The van der Waals surface area contributed by atoms with Crippen molar-refractivity contribution in [2.45, 2.75) is 32.8 Å². The Bertz CT molecular complexity index is 608. The number of ether oxygens (including phenoxy) is 1. The van der Waals surface area contributed by atoms with E-state index in [2.05, 4.69) is 12.2 Å². The van der Waals surface area contributed by atoms with Gasteiger partial charge in [0.15, 0.2) is 6.10 Å². The summed E-state index contributed by atoms with van der Waals surface area (Å²) in [5.41, 5.74) is 1.95. The maximum atomic E-state index is 12.3. The third kappa shape index (κ3) is 4.50. The maximum absolute atomic E-state index is 12.3. The molecule has 3 nitrogen and oxygen atoms in total. The topological polar surface area (TPSA) is 38.3 Å². The van der Waals surface area contributed by atoms with Gasteiger partial charge in [-0.3, -0.25) is 4.79 Å². The summed E-state index contributed by atoms with van der Waals surface area (Å²) in [5, 5.41) is 3.48. The van der Waals surface area contributed by atoms with Crippen LogP contribution in [-0.2, 0) is 11.2 Å². The fraction of sp³-hybridized carbons (Fsp3) is 0.278. The molecule has 0 aliphatic heterocycles. The Morgan fingerprint density at radius 2 is 1.73 bits per heavy atom. The van der Waals surface area contributed by atoms with Crippen LogP contribution in [0, 0.1) is 0 Å². The summed E-state index contributed by atoms with van der Waals surface area (Å²) >= 11 is 5.83. The number of hydrogen-bond donors (Lipinski definition) is 1. The first-order valence-electron chi connectivity index (χ1n) is 7.44. The van der Waals surface area contributed by atoms with Gasteiger partial charge in [-0.05, 0) is 54.8 Å². The van der Waals surface area contributed by atoms with Crippen LogP contribution in [0.25, 0.3) is 0 Å². The minimum Gasteiger partial charge on any atom is -0.481 e. The molecule has 1 atom stereocenters. The summed E-state index contributed by atoms with van der Waals surface area (Å²) < 4.78 is 5.78. The second-order valence-corrected chi connectivity index (χ2v) is 5.44. The van der Waals surface area contributed by atoms with Crippen molar-refractivity contribution in [1.29, 1.82) is 0 Å². The zero-order valence-electron chi connectivity index (χ0n) is 12.8. The van der Waals surface area contributed by atoms with Crippen LogP contribution in [0.2, 0.25) is 5.02 Å². The quantitative estimate of drug-likeness (QED) is 0.838. The third-order valence-electron chi connectivity index (χ3n) is 3.38. The van der Waals surface area contributed by atoms with E-state index in [1.54, 1.807) is 24.3 Å². The van der Waals surface area contributed by atoms with Gasteiger partial charge in [0.2, 0.25) is 0 Å². The molecule has 0 aliphatic carbocycles. The zero-order valence-corrected chi connectivity index (χ0v) is 13.6. The van der Waals surface area contributed by atoms with Crippen molar-refractivity contribution in [2.75, 3.05) is 5.32 Å². The maximum Gasteiger partial charge on any atom is 0.265 e. The number of rotatable bonds is 6. The second-order valence-electron chi connectivity index (χ2n) is 5.01. The first kappa shape index (κ1) is 16.4. The lowest BCUT2D eigenvalue weighted by Gasteiger charge is -2.17. The van der Waals surface area contributed by atoms with E-state index in [0.29, 0.717) is 22.9 Å². The monoisotopic (exact) mass is 317 g/mol. The number of nitrogens with one attached hydrogen (secondary N) is 1. The molecular formula is C18H20ClNO2. The van der Waals surface area contributed by atoms with E-state index in [9.17, 15) is 4.79 Å². The Kier molecular flexibility index (Phi) is 5.84. The largest absolute Gasteiger partial charge is 0.481 e. The van der Waals surface area contributed by atoms with Gasteiger partial charge in [-0.2, -0.15) is 0 Å². The standard InChI is InChI=1S/C18H20ClNO2/c1-3-13-5-11-16(12-6-13)22-17(4-2)18(21)20-15-9-7-14(19)8-10-15/h5-12,17H,3-4H2,1-2H3,(H,20,21)/t17-/m1/s1. The number of carbonyl (C=O) groups is 1. The Morgan fingerprint density at radius 1 is 1.09 bits per heavy atom. The van der Waals surface area contributed by atoms with Gasteiger partial charge in [0.1, 0.15) is 5.75 Å². The van der Waals surface area contributed by atoms with Crippen molar-refractivity contribution in [3.8, 4) is 5.75 Å². The molecule has 1 amide bonds. The van der Waals surface area contributed by atoms with Gasteiger partial charge in [0.05, 0.1) is 0 Å². The van der Waals surface area contributed by atoms with Gasteiger partial charge in [0.25, 0.3) is 5.91 Å². The number of hydrogen-bond acceptors (Lipinski definition) is 2. The molecule has 0 radical (unpaired) electrons. The fourth-order valence-corrected chi connectivity index (χ4v) is 2.17. The molecule has 0 aliphatic rings. The summed E-state index contributed by atoms with van der Waals surface area (Å²) in [6.07, 6.45) is 1.05. The molecule has 2 aromatic rings. The molecule has 0 fully saturated rings. The van der Waals surface area contributed by atoms with Gasteiger partial charge < -0.3 is 10.1 Å². The molecule has 22 heavy (non-hydrogen) atoms. The van der Waals surface area contributed by atoms with E-state index in [0.717, 1.165) is 6.42 Å². The van der Waals surface area contributed by atoms with Gasteiger partial charge in [-0.1, -0.05) is 37.6 Å². The molecule has 1 N–H and O–H groups in total. The summed E-state index contributed by atoms with van der Waals surface area (Å²) in [7, 11) is 0. The highest BCUT2D eigenvalue weighted by atomic mass is 35.5. The first-order chi connectivity index (χ1) is 10.6. The number of benzene rings is 2. The highest BCUT2D eigenvalue weighted by Gasteiger charge is 2.18. The van der Waals surface area contributed by atoms with E-state index >= 15 is 0 Å². The van der Waals surface area contributed by atoms with Crippen LogP contribution in [0.1, 0.15) is 25.8 Å². The van der Waals surface area contributed by atoms with Crippen LogP contribution in [0.3, 0.4) is 0 Å². The van der Waals surface area contributed by atoms with Crippen LogP contribution >= 0.6 is 11.6 Å². The molecule has 0 saturated carbocycles. The van der Waals surface area contributed by atoms with E-state index in [1.165, 1.54) is 5.56 Å². The van der Waals surface area contributed by atoms with E-state index in [1.807, 2.05) is 31.2 Å². The van der Waals surface area contributed by atoms with Crippen molar-refractivity contribution in [3.63, 3.8) is 0 Å². The van der Waals surface area contributed by atoms with Gasteiger partial charge in [0, 0.05) is 10.7 Å². The molecular weight excluding hydrogens is 298 g/mol. The van der Waals surface area contributed by atoms with Crippen LogP contribution in [0.4, 0.5) is 5.69 Å². The second kappa shape index (κ2) is 7.85. The van der Waals surface area contributed by atoms with Gasteiger partial charge in [-0.15, -0.1) is 0 Å². The number of anilines is 1. The minimum absolute atomic E-state index is 0.163. The molecule has 116 valence electrons. The minimum atomic E-state index is -0.525. The van der Waals surface area contributed by atoms with Crippen molar-refractivity contribution in [1.82, 2.24) is 0 Å². The predicted octanol–water partition coefficient (Wildman–Crippen LogP) is 4.70. The molecule has 0 bridgehead atoms. The van der Waals surface area contributed by atoms with Gasteiger partial charge >= 0.3 is 0 Å². The van der Waals surface area contributed by atoms with E-state index < -0.39 is 6.10 Å². The zero-order chi connectivity index (χ0) is 15.9. The summed E-state index contributed by atoms with van der Waals surface area (Å²) in [5.74, 6) is 0.541. The molecule has 0 spiro atoms. The summed E-state index contributed by atoms with van der Waals surface area (Å²) in [4.78, 5) is 12.3. The normalized spacial score (nSPS) is 11.8. The van der Waals surface area contributed by atoms with Crippen LogP contribution in [-0.4, -0.2) is 12.0 Å². The van der Waals surface area contributed by atoms with Gasteiger partial charge in [-0.25, -0.2) is 0 Å². The average molecular weight is 318 g/mol. The molecule has 0 aromatic heterocycles. The first-order valence-corrected chi connectivity index (χ1v) is 7.82. The Balaban J connectivity index is 2.00. The molecule has 4 heteroatoms. The Hall–Kier alpha value is -2.00. The van der Waals surface area contributed by atoms with Crippen molar-refractivity contribution >= 4 is 23.2 Å². The Morgan fingerprint density at radius 3 is 2.27 bits per heavy atom. The molecule has 2 aromatic carbocycles. The number of carbonyl (C=O) groups excluding carboxylic acids is 1. The van der Waals surface area contributed by atoms with E-state index in [4.69, 9.17) is 16.3 Å². The summed E-state index contributed by atoms with van der Waals surface area (Å²) in [6, 6.07) is 14.8. The van der Waals surface area contributed by atoms with Crippen molar-refractivity contribution in [2.24, 2.45) is 0 Å². The van der Waals surface area contributed by atoms with Crippen molar-refractivity contribution < 1.29 is 9.53 Å². The van der Waals surface area contributed by atoms with Crippen LogP contribution in [0.5, 0.6) is 5.75 Å². The lowest BCUT2D eigenvalue weighted by molar-refractivity contribution is -0.122. The molecule has 2 rings (SSSR count). The lowest BCUT2D eigenvalue weighted by Crippen LogP contribution is -2.32. The lowest BCUT2D eigenvalue weighted by atomic mass is 10.1. The number of amides is 1.